The van der Waals surface area contributed by atoms with Crippen molar-refractivity contribution in [3.05, 3.63) is 23.5 Å². The molecule has 5 rings (SSSR count). The number of nitrogens with zero attached hydrogens (tertiary/aromatic N) is 4. The van der Waals surface area contributed by atoms with Crippen molar-refractivity contribution in [2.75, 3.05) is 32.7 Å². The van der Waals surface area contributed by atoms with Gasteiger partial charge in [-0.05, 0) is 0 Å². The van der Waals surface area contributed by atoms with E-state index in [1.54, 1.807) is 11.3 Å². The van der Waals surface area contributed by atoms with Crippen LogP contribution in [0.3, 0.4) is 0 Å². The van der Waals surface area contributed by atoms with Gasteiger partial charge in [0.15, 0.2) is 4.96 Å². The summed E-state index contributed by atoms with van der Waals surface area (Å²) < 4.78 is 2.03. The lowest BCUT2D eigenvalue weighted by molar-refractivity contribution is -0.0455. The molecular weight excluding hydrogens is 260 g/mol. The molecule has 3 aliphatic heterocycles. The predicted molar refractivity (Wildman–Crippen MR) is 74.6 cm³/mol. The summed E-state index contributed by atoms with van der Waals surface area (Å²) in [6.07, 6.45) is 4.39. The molecule has 0 aliphatic carbocycles. The fraction of sp³-hybridized carbons (Fsp3) is 0.615. The van der Waals surface area contributed by atoms with E-state index in [0.717, 1.165) is 43.4 Å². The predicted octanol–water partition coefficient (Wildman–Crippen LogP) is 0.299. The molecule has 2 unspecified atom stereocenters. The molecule has 5 heterocycles. The average molecular weight is 278 g/mol. The highest BCUT2D eigenvalue weighted by molar-refractivity contribution is 7.15. The highest BCUT2D eigenvalue weighted by atomic mass is 32.1. The number of hydrogen-bond acceptors (Lipinski definition) is 5. The Kier molecular flexibility index (Phi) is 2.84. The second kappa shape index (κ2) is 4.56. The molecule has 3 aliphatic rings. The summed E-state index contributed by atoms with van der Waals surface area (Å²) in [6.45, 7) is 5.51. The van der Waals surface area contributed by atoms with Crippen LogP contribution in [0.15, 0.2) is 17.8 Å². The minimum atomic E-state index is -0.312. The Morgan fingerprint density at radius 3 is 2.89 bits per heavy atom. The number of aromatic nitrogens is 2. The molecule has 5 nitrogen and oxygen atoms in total. The van der Waals surface area contributed by atoms with Crippen LogP contribution in [0.1, 0.15) is 5.69 Å². The Morgan fingerprint density at radius 2 is 2.21 bits per heavy atom. The number of fused-ring (bicyclic) bond motifs is 4. The first kappa shape index (κ1) is 11.8. The molecule has 6 heteroatoms. The first-order valence-electron chi connectivity index (χ1n) is 6.85. The van der Waals surface area contributed by atoms with Gasteiger partial charge < -0.3 is 5.11 Å². The third kappa shape index (κ3) is 2.08. The normalized spacial score (nSPS) is 31.9. The highest BCUT2D eigenvalue weighted by Crippen LogP contribution is 2.21. The van der Waals surface area contributed by atoms with Crippen LogP contribution in [-0.2, 0) is 6.42 Å². The number of aliphatic hydroxyl groups excluding tert-OH is 1. The summed E-state index contributed by atoms with van der Waals surface area (Å²) in [4.78, 5) is 10.5. The van der Waals surface area contributed by atoms with Gasteiger partial charge in [-0.15, -0.1) is 11.3 Å². The number of piperazine rings is 3. The second-order valence-electron chi connectivity index (χ2n) is 5.50. The van der Waals surface area contributed by atoms with Crippen molar-refractivity contribution in [2.24, 2.45) is 0 Å². The Balaban J connectivity index is 1.48. The van der Waals surface area contributed by atoms with Crippen LogP contribution in [0.25, 0.3) is 4.96 Å². The molecule has 19 heavy (non-hydrogen) atoms. The van der Waals surface area contributed by atoms with Crippen LogP contribution >= 0.6 is 11.3 Å². The molecule has 3 fully saturated rings. The lowest BCUT2D eigenvalue weighted by Gasteiger charge is -2.49. The van der Waals surface area contributed by atoms with Gasteiger partial charge in [0.1, 0.15) is 0 Å². The fourth-order valence-corrected chi connectivity index (χ4v) is 3.97. The molecule has 0 amide bonds. The van der Waals surface area contributed by atoms with Crippen LogP contribution < -0.4 is 0 Å². The lowest BCUT2D eigenvalue weighted by Crippen LogP contribution is -2.64. The molecule has 2 bridgehead atoms. The number of aliphatic hydroxyl groups is 1. The molecule has 0 aromatic carbocycles. The molecule has 0 saturated carbocycles. The summed E-state index contributed by atoms with van der Waals surface area (Å²) in [5, 5.41) is 12.5. The molecule has 0 radical (unpaired) electrons. The van der Waals surface area contributed by atoms with Gasteiger partial charge >= 0.3 is 0 Å². The average Bonchev–Trinajstić information content (AvgIpc) is 3.01. The van der Waals surface area contributed by atoms with E-state index in [4.69, 9.17) is 0 Å². The zero-order valence-electron chi connectivity index (χ0n) is 10.8. The van der Waals surface area contributed by atoms with Gasteiger partial charge in [-0.1, -0.05) is 0 Å². The quantitative estimate of drug-likeness (QED) is 0.877. The van der Waals surface area contributed by atoms with Crippen LogP contribution in [-0.4, -0.2) is 69.2 Å². The van der Waals surface area contributed by atoms with E-state index in [1.165, 1.54) is 0 Å². The lowest BCUT2D eigenvalue weighted by atomic mass is 9.99. The standard InChI is InChI=1S/C13H18N4OS/c18-12(11-9-15-1-3-16(11)4-2-15)7-10-8-17-5-6-19-13(17)14-10/h5-6,8,11-12,18H,1-4,7,9H2. The largest absolute Gasteiger partial charge is 0.391 e. The van der Waals surface area contributed by atoms with Crippen LogP contribution in [0.2, 0.25) is 0 Å². The SMILES string of the molecule is OC(Cc1cn2ccsc2n1)C1CN2CCN1CC2. The van der Waals surface area contributed by atoms with E-state index in [-0.39, 0.29) is 12.1 Å². The molecule has 2 aromatic rings. The fourth-order valence-electron chi connectivity index (χ4n) is 3.25. The maximum atomic E-state index is 10.5. The van der Waals surface area contributed by atoms with Crippen molar-refractivity contribution in [2.45, 2.75) is 18.6 Å². The van der Waals surface area contributed by atoms with Gasteiger partial charge in [0.25, 0.3) is 0 Å². The number of rotatable bonds is 3. The van der Waals surface area contributed by atoms with Crippen molar-refractivity contribution in [3.63, 3.8) is 0 Å². The van der Waals surface area contributed by atoms with Gasteiger partial charge in [-0.3, -0.25) is 14.2 Å². The van der Waals surface area contributed by atoms with E-state index in [0.29, 0.717) is 6.42 Å². The second-order valence-corrected chi connectivity index (χ2v) is 6.37. The smallest absolute Gasteiger partial charge is 0.193 e. The Morgan fingerprint density at radius 1 is 1.37 bits per heavy atom. The van der Waals surface area contributed by atoms with Crippen LogP contribution in [0.5, 0.6) is 0 Å². The van der Waals surface area contributed by atoms with E-state index in [1.807, 2.05) is 22.2 Å². The monoisotopic (exact) mass is 278 g/mol. The van der Waals surface area contributed by atoms with Gasteiger partial charge in [0, 0.05) is 63.0 Å². The van der Waals surface area contributed by atoms with Crippen molar-refractivity contribution in [1.29, 1.82) is 0 Å². The van der Waals surface area contributed by atoms with Gasteiger partial charge in [0.05, 0.1) is 11.8 Å². The van der Waals surface area contributed by atoms with E-state index in [9.17, 15) is 5.11 Å². The number of thiazole rings is 1. The topological polar surface area (TPSA) is 44.0 Å². The van der Waals surface area contributed by atoms with Gasteiger partial charge in [0.2, 0.25) is 0 Å². The summed E-state index contributed by atoms with van der Waals surface area (Å²) in [6, 6.07) is 0.280. The number of imidazole rings is 1. The zero-order valence-corrected chi connectivity index (χ0v) is 11.6. The van der Waals surface area contributed by atoms with Crippen molar-refractivity contribution >= 4 is 16.3 Å². The molecular formula is C13H18N4OS. The molecule has 1 N–H and O–H groups in total. The Hall–Kier alpha value is -0.950. The van der Waals surface area contributed by atoms with Crippen LogP contribution in [0.4, 0.5) is 0 Å². The molecule has 2 atom stereocenters. The van der Waals surface area contributed by atoms with Crippen LogP contribution in [0, 0.1) is 0 Å². The van der Waals surface area contributed by atoms with E-state index < -0.39 is 0 Å². The third-order valence-corrected chi connectivity index (χ3v) is 5.10. The third-order valence-electron chi connectivity index (χ3n) is 4.33. The maximum Gasteiger partial charge on any atom is 0.193 e. The number of hydrogen-bond donors (Lipinski definition) is 1. The zero-order chi connectivity index (χ0) is 12.8. The summed E-state index contributed by atoms with van der Waals surface area (Å²) >= 11 is 1.63. The first-order valence-corrected chi connectivity index (χ1v) is 7.73. The van der Waals surface area contributed by atoms with Gasteiger partial charge in [-0.2, -0.15) is 0 Å². The summed E-state index contributed by atoms with van der Waals surface area (Å²) in [5.74, 6) is 0. The minimum Gasteiger partial charge on any atom is -0.391 e. The van der Waals surface area contributed by atoms with E-state index in [2.05, 4.69) is 14.8 Å². The summed E-state index contributed by atoms with van der Waals surface area (Å²) in [5.41, 5.74) is 0.997. The van der Waals surface area contributed by atoms with Crippen molar-refractivity contribution < 1.29 is 5.11 Å². The highest BCUT2D eigenvalue weighted by Gasteiger charge is 2.36. The molecule has 0 spiro atoms. The molecule has 102 valence electrons. The summed E-state index contributed by atoms with van der Waals surface area (Å²) in [7, 11) is 0. The first-order chi connectivity index (χ1) is 9.29. The Labute approximate surface area is 116 Å². The maximum absolute atomic E-state index is 10.5. The van der Waals surface area contributed by atoms with E-state index >= 15 is 0 Å². The van der Waals surface area contributed by atoms with Crippen molar-refractivity contribution in [3.8, 4) is 0 Å². The molecule has 3 saturated heterocycles. The Bertz CT molecular complexity index is 543. The van der Waals surface area contributed by atoms with Gasteiger partial charge in [-0.25, -0.2) is 4.98 Å². The minimum absolute atomic E-state index is 0.280. The van der Waals surface area contributed by atoms with Crippen molar-refractivity contribution in [1.82, 2.24) is 19.2 Å². The molecule has 2 aromatic heterocycles.